The molecular weight excluding hydrogens is 282 g/mol. The fourth-order valence-corrected chi connectivity index (χ4v) is 3.73. The first-order valence-corrected chi connectivity index (χ1v) is 9.44. The van der Waals surface area contributed by atoms with Crippen LogP contribution < -0.4 is 5.32 Å². The first kappa shape index (κ1) is 19.2. The zero-order chi connectivity index (χ0) is 15.1. The molecule has 0 aliphatic rings. The van der Waals surface area contributed by atoms with E-state index in [4.69, 9.17) is 0 Å². The number of thioether (sulfide) groups is 1. The summed E-state index contributed by atoms with van der Waals surface area (Å²) >= 11 is 1.66. The molecule has 0 rings (SSSR count). The lowest BCUT2D eigenvalue weighted by molar-refractivity contribution is 0.356. The lowest BCUT2D eigenvalue weighted by Gasteiger charge is -2.28. The van der Waals surface area contributed by atoms with E-state index in [1.54, 1.807) is 25.9 Å². The van der Waals surface area contributed by atoms with Crippen LogP contribution in [0.2, 0.25) is 0 Å². The molecule has 0 fully saturated rings. The van der Waals surface area contributed by atoms with Gasteiger partial charge in [-0.15, -0.1) is 0 Å². The van der Waals surface area contributed by atoms with Gasteiger partial charge in [-0.1, -0.05) is 13.8 Å². The molecule has 7 heteroatoms. The van der Waals surface area contributed by atoms with Crippen molar-refractivity contribution in [3.63, 3.8) is 0 Å². The maximum atomic E-state index is 12.3. The van der Waals surface area contributed by atoms with Crippen LogP contribution in [-0.4, -0.2) is 68.3 Å². The van der Waals surface area contributed by atoms with Gasteiger partial charge >= 0.3 is 0 Å². The molecule has 0 bridgehead atoms. The van der Waals surface area contributed by atoms with E-state index >= 15 is 0 Å². The molecule has 116 valence electrons. The fraction of sp³-hybridized carbons (Fsp3) is 1.00. The monoisotopic (exact) mass is 311 g/mol. The van der Waals surface area contributed by atoms with Gasteiger partial charge in [-0.2, -0.15) is 28.8 Å². The predicted octanol–water partition coefficient (Wildman–Crippen LogP) is 1.23. The maximum absolute atomic E-state index is 12.3. The summed E-state index contributed by atoms with van der Waals surface area (Å²) in [6.45, 7) is 7.47. The van der Waals surface area contributed by atoms with Crippen LogP contribution in [0.1, 0.15) is 27.2 Å². The minimum Gasteiger partial charge on any atom is -0.314 e. The Kier molecular flexibility index (Phi) is 9.26. The van der Waals surface area contributed by atoms with E-state index in [1.165, 1.54) is 8.61 Å². The van der Waals surface area contributed by atoms with Gasteiger partial charge in [0.05, 0.1) is 0 Å². The lowest BCUT2D eigenvalue weighted by atomic mass is 10.3. The summed E-state index contributed by atoms with van der Waals surface area (Å²) in [7, 11) is -0.0379. The Labute approximate surface area is 123 Å². The number of nitrogens with one attached hydrogen (secondary N) is 1. The topological polar surface area (TPSA) is 52.7 Å². The highest BCUT2D eigenvalue weighted by Crippen LogP contribution is 2.11. The molecule has 0 saturated heterocycles. The molecule has 5 nitrogen and oxygen atoms in total. The summed E-state index contributed by atoms with van der Waals surface area (Å²) in [5.74, 6) is 0.804. The van der Waals surface area contributed by atoms with Crippen LogP contribution in [0.4, 0.5) is 0 Å². The fourth-order valence-electron chi connectivity index (χ4n) is 1.60. The van der Waals surface area contributed by atoms with Crippen molar-refractivity contribution in [2.45, 2.75) is 39.3 Å². The highest BCUT2D eigenvalue weighted by atomic mass is 32.2. The molecule has 0 aromatic heterocycles. The largest absolute Gasteiger partial charge is 0.314 e. The molecular formula is C12H29N3O2S2. The van der Waals surface area contributed by atoms with Crippen LogP contribution in [0.5, 0.6) is 0 Å². The summed E-state index contributed by atoms with van der Waals surface area (Å²) in [6.07, 6.45) is 2.80. The van der Waals surface area contributed by atoms with Gasteiger partial charge < -0.3 is 5.32 Å². The maximum Gasteiger partial charge on any atom is 0.281 e. The number of hydrogen-bond acceptors (Lipinski definition) is 4. The molecule has 0 aliphatic carbocycles. The normalized spacial score (nSPS) is 14.6. The molecule has 19 heavy (non-hydrogen) atoms. The summed E-state index contributed by atoms with van der Waals surface area (Å²) < 4.78 is 27.5. The minimum atomic E-state index is -3.34. The van der Waals surface area contributed by atoms with Crippen LogP contribution in [0.15, 0.2) is 0 Å². The van der Waals surface area contributed by atoms with Crippen molar-refractivity contribution >= 4 is 22.0 Å². The molecule has 0 amide bonds. The summed E-state index contributed by atoms with van der Waals surface area (Å²) in [5.41, 5.74) is 0. The van der Waals surface area contributed by atoms with Crippen LogP contribution in [-0.2, 0) is 10.2 Å². The lowest BCUT2D eigenvalue weighted by Crippen LogP contribution is -2.45. The van der Waals surface area contributed by atoms with Crippen LogP contribution >= 0.6 is 11.8 Å². The molecule has 1 atom stereocenters. The predicted molar refractivity (Wildman–Crippen MR) is 84.9 cm³/mol. The van der Waals surface area contributed by atoms with Crippen molar-refractivity contribution in [3.8, 4) is 0 Å². The van der Waals surface area contributed by atoms with Crippen LogP contribution in [0.25, 0.3) is 0 Å². The van der Waals surface area contributed by atoms with Crippen molar-refractivity contribution in [1.29, 1.82) is 0 Å². The van der Waals surface area contributed by atoms with Gasteiger partial charge in [0.25, 0.3) is 10.2 Å². The third-order valence-electron chi connectivity index (χ3n) is 2.99. The molecule has 0 spiro atoms. The molecule has 0 aliphatic heterocycles. The van der Waals surface area contributed by atoms with Gasteiger partial charge in [-0.3, -0.25) is 0 Å². The standard InChI is InChI=1S/C12H29N3O2S2/c1-11(2)13-8-7-9-14(4)19(16,17)15(5)12(3)10-18-6/h11-13H,7-10H2,1-6H3. The molecule has 0 aromatic rings. The van der Waals surface area contributed by atoms with E-state index in [2.05, 4.69) is 19.2 Å². The van der Waals surface area contributed by atoms with Gasteiger partial charge in [0.2, 0.25) is 0 Å². The van der Waals surface area contributed by atoms with E-state index in [9.17, 15) is 8.42 Å². The SMILES string of the molecule is CSCC(C)N(C)S(=O)(=O)N(C)CCCNC(C)C. The number of hydrogen-bond donors (Lipinski definition) is 1. The second kappa shape index (κ2) is 9.18. The average Bonchev–Trinajstić information content (AvgIpc) is 2.33. The molecule has 1 unspecified atom stereocenters. The first-order chi connectivity index (χ1) is 8.73. The first-order valence-electron chi connectivity index (χ1n) is 6.65. The zero-order valence-corrected chi connectivity index (χ0v) is 14.6. The van der Waals surface area contributed by atoms with Crippen LogP contribution in [0.3, 0.4) is 0 Å². The molecule has 1 N–H and O–H groups in total. The van der Waals surface area contributed by atoms with E-state index in [0.717, 1.165) is 18.7 Å². The number of rotatable bonds is 10. The van der Waals surface area contributed by atoms with Gasteiger partial charge in [0.15, 0.2) is 0 Å². The van der Waals surface area contributed by atoms with E-state index in [0.29, 0.717) is 12.6 Å². The Bertz CT molecular complexity index is 334. The third kappa shape index (κ3) is 6.94. The molecule has 0 heterocycles. The highest BCUT2D eigenvalue weighted by Gasteiger charge is 2.26. The van der Waals surface area contributed by atoms with Gasteiger partial charge in [0, 0.05) is 38.5 Å². The van der Waals surface area contributed by atoms with Crippen molar-refractivity contribution < 1.29 is 8.42 Å². The second-order valence-corrected chi connectivity index (χ2v) is 8.12. The highest BCUT2D eigenvalue weighted by molar-refractivity contribution is 7.98. The van der Waals surface area contributed by atoms with Crippen molar-refractivity contribution in [2.75, 3.05) is 39.2 Å². The second-order valence-electron chi connectivity index (χ2n) is 5.11. The quantitative estimate of drug-likeness (QED) is 0.617. The number of nitrogens with zero attached hydrogens (tertiary/aromatic N) is 2. The Balaban J connectivity index is 4.31. The summed E-state index contributed by atoms with van der Waals surface area (Å²) in [4.78, 5) is 0. The Morgan fingerprint density at radius 2 is 1.79 bits per heavy atom. The Hall–Kier alpha value is 0.180. The van der Waals surface area contributed by atoms with E-state index < -0.39 is 10.2 Å². The van der Waals surface area contributed by atoms with E-state index in [-0.39, 0.29) is 6.04 Å². The van der Waals surface area contributed by atoms with E-state index in [1.807, 2.05) is 13.2 Å². The Morgan fingerprint density at radius 3 is 2.26 bits per heavy atom. The summed E-state index contributed by atoms with van der Waals surface area (Å²) in [5, 5.41) is 3.29. The van der Waals surface area contributed by atoms with Crippen molar-refractivity contribution in [2.24, 2.45) is 0 Å². The summed E-state index contributed by atoms with van der Waals surface area (Å²) in [6, 6.07) is 0.447. The zero-order valence-electron chi connectivity index (χ0n) is 13.0. The molecule has 0 saturated carbocycles. The van der Waals surface area contributed by atoms with Gasteiger partial charge in [0.1, 0.15) is 0 Å². The van der Waals surface area contributed by atoms with Crippen LogP contribution in [0, 0.1) is 0 Å². The van der Waals surface area contributed by atoms with Crippen molar-refractivity contribution in [1.82, 2.24) is 13.9 Å². The average molecular weight is 312 g/mol. The van der Waals surface area contributed by atoms with Crippen molar-refractivity contribution in [3.05, 3.63) is 0 Å². The molecule has 0 radical (unpaired) electrons. The smallest absolute Gasteiger partial charge is 0.281 e. The minimum absolute atomic E-state index is 0.0104. The third-order valence-corrected chi connectivity index (χ3v) is 5.86. The molecule has 0 aromatic carbocycles. The Morgan fingerprint density at radius 1 is 1.21 bits per heavy atom. The van der Waals surface area contributed by atoms with Gasteiger partial charge in [-0.25, -0.2) is 0 Å². The van der Waals surface area contributed by atoms with Gasteiger partial charge in [-0.05, 0) is 26.1 Å².